The molecule has 0 unspecified atom stereocenters. The van der Waals surface area contributed by atoms with Crippen LogP contribution in [0.4, 0.5) is 15.9 Å². The number of imidazole rings is 1. The van der Waals surface area contributed by atoms with E-state index in [1.165, 1.54) is 11.6 Å². The molecule has 7 heteroatoms. The molecule has 4 rings (SSSR count). The molecule has 0 bridgehead atoms. The van der Waals surface area contributed by atoms with Crippen LogP contribution in [0.3, 0.4) is 0 Å². The highest BCUT2D eigenvalue weighted by Gasteiger charge is 2.26. The molecule has 1 aliphatic rings. The van der Waals surface area contributed by atoms with Crippen LogP contribution in [0.2, 0.25) is 0 Å². The Morgan fingerprint density at radius 1 is 1.17 bits per heavy atom. The van der Waals surface area contributed by atoms with Gasteiger partial charge in [0.15, 0.2) is 0 Å². The molecule has 1 aromatic heterocycles. The van der Waals surface area contributed by atoms with Gasteiger partial charge in [-0.25, -0.2) is 9.37 Å². The van der Waals surface area contributed by atoms with Crippen LogP contribution in [0.1, 0.15) is 17.0 Å². The molecular weight excluding hydrogens is 369 g/mol. The van der Waals surface area contributed by atoms with Gasteiger partial charge in [0.2, 0.25) is 5.91 Å². The van der Waals surface area contributed by atoms with E-state index in [9.17, 15) is 9.18 Å². The van der Waals surface area contributed by atoms with E-state index in [0.29, 0.717) is 25.2 Å². The highest BCUT2D eigenvalue weighted by atomic mass is 19.1. The lowest BCUT2D eigenvalue weighted by atomic mass is 10.1. The van der Waals surface area contributed by atoms with Crippen LogP contribution >= 0.6 is 0 Å². The molecule has 150 valence electrons. The van der Waals surface area contributed by atoms with Crippen molar-refractivity contribution in [3.63, 3.8) is 0 Å². The number of hydrogen-bond donors (Lipinski definition) is 2. The van der Waals surface area contributed by atoms with Crippen molar-refractivity contribution in [1.29, 1.82) is 0 Å². The second-order valence-electron chi connectivity index (χ2n) is 7.35. The number of rotatable bonds is 4. The van der Waals surface area contributed by atoms with E-state index in [0.717, 1.165) is 28.6 Å². The van der Waals surface area contributed by atoms with E-state index in [1.54, 1.807) is 24.0 Å². The summed E-state index contributed by atoms with van der Waals surface area (Å²) in [6.07, 6.45) is 0. The molecule has 0 aliphatic carbocycles. The fourth-order valence-corrected chi connectivity index (χ4v) is 3.57. The molecule has 0 saturated heterocycles. The standard InChI is InChI=1S/C22H24FN5O/c1-14-3-6-17(7-4-14)25-22-21(16-5-8-18(23)15(2)11-16)26-19-13-27(20(29)12-24)9-10-28(19)22/h3-8,11,25H,9-10,12-13,24H2,1-2H3. The number of anilines is 2. The first-order chi connectivity index (χ1) is 14.0. The van der Waals surface area contributed by atoms with Crippen molar-refractivity contribution in [3.05, 3.63) is 65.2 Å². The summed E-state index contributed by atoms with van der Waals surface area (Å²) in [7, 11) is 0. The van der Waals surface area contributed by atoms with Crippen LogP contribution in [-0.2, 0) is 17.9 Å². The lowest BCUT2D eigenvalue weighted by Gasteiger charge is -2.28. The van der Waals surface area contributed by atoms with Gasteiger partial charge < -0.3 is 20.5 Å². The van der Waals surface area contributed by atoms with Gasteiger partial charge in [-0.2, -0.15) is 0 Å². The summed E-state index contributed by atoms with van der Waals surface area (Å²) in [6, 6.07) is 13.1. The van der Waals surface area contributed by atoms with Crippen molar-refractivity contribution in [1.82, 2.24) is 14.5 Å². The third-order valence-electron chi connectivity index (χ3n) is 5.25. The average molecular weight is 393 g/mol. The third-order valence-corrected chi connectivity index (χ3v) is 5.25. The summed E-state index contributed by atoms with van der Waals surface area (Å²) >= 11 is 0. The molecule has 0 saturated carbocycles. The number of aromatic nitrogens is 2. The molecule has 1 amide bonds. The van der Waals surface area contributed by atoms with E-state index >= 15 is 0 Å². The summed E-state index contributed by atoms with van der Waals surface area (Å²) in [4.78, 5) is 18.6. The van der Waals surface area contributed by atoms with Gasteiger partial charge in [0.05, 0.1) is 13.1 Å². The highest BCUT2D eigenvalue weighted by Crippen LogP contribution is 2.34. The molecule has 1 aliphatic heterocycles. The molecule has 3 aromatic rings. The quantitative estimate of drug-likeness (QED) is 0.713. The summed E-state index contributed by atoms with van der Waals surface area (Å²) in [5, 5.41) is 3.48. The average Bonchev–Trinajstić information content (AvgIpc) is 3.08. The first-order valence-corrected chi connectivity index (χ1v) is 9.63. The number of aryl methyl sites for hydroxylation is 2. The van der Waals surface area contributed by atoms with E-state index in [-0.39, 0.29) is 18.3 Å². The molecule has 0 radical (unpaired) electrons. The van der Waals surface area contributed by atoms with Gasteiger partial charge in [-0.3, -0.25) is 4.79 Å². The van der Waals surface area contributed by atoms with Crippen molar-refractivity contribution in [2.45, 2.75) is 26.9 Å². The largest absolute Gasteiger partial charge is 0.340 e. The number of nitrogens with two attached hydrogens (primary N) is 1. The smallest absolute Gasteiger partial charge is 0.236 e. The van der Waals surface area contributed by atoms with E-state index in [1.807, 2.05) is 31.2 Å². The Hall–Kier alpha value is -3.19. The Labute approximate surface area is 169 Å². The molecule has 3 N–H and O–H groups in total. The fourth-order valence-electron chi connectivity index (χ4n) is 3.57. The van der Waals surface area contributed by atoms with Gasteiger partial charge in [-0.1, -0.05) is 17.7 Å². The van der Waals surface area contributed by atoms with E-state index < -0.39 is 0 Å². The molecule has 0 atom stereocenters. The lowest BCUT2D eigenvalue weighted by Crippen LogP contribution is -2.41. The number of carbonyl (C=O) groups excluding carboxylic acids is 1. The number of carbonyl (C=O) groups is 1. The van der Waals surface area contributed by atoms with E-state index in [4.69, 9.17) is 10.7 Å². The normalized spacial score (nSPS) is 13.3. The molecule has 6 nitrogen and oxygen atoms in total. The third kappa shape index (κ3) is 3.73. The number of fused-ring (bicyclic) bond motifs is 1. The van der Waals surface area contributed by atoms with Gasteiger partial charge in [-0.05, 0) is 49.7 Å². The van der Waals surface area contributed by atoms with Crippen molar-refractivity contribution in [2.24, 2.45) is 5.73 Å². The first kappa shape index (κ1) is 19.1. The number of amides is 1. The molecule has 2 aromatic carbocycles. The Balaban J connectivity index is 1.78. The van der Waals surface area contributed by atoms with Crippen LogP contribution in [0.15, 0.2) is 42.5 Å². The molecule has 29 heavy (non-hydrogen) atoms. The minimum absolute atomic E-state index is 0.0147. The summed E-state index contributed by atoms with van der Waals surface area (Å²) in [5.74, 6) is 1.29. The zero-order chi connectivity index (χ0) is 20.5. The molecule has 0 spiro atoms. The highest BCUT2D eigenvalue weighted by molar-refractivity contribution is 5.79. The Bertz CT molecular complexity index is 1060. The number of nitrogens with zero attached hydrogens (tertiary/aromatic N) is 3. The van der Waals surface area contributed by atoms with Crippen LogP contribution in [-0.4, -0.2) is 33.4 Å². The van der Waals surface area contributed by atoms with Crippen molar-refractivity contribution in [2.75, 3.05) is 18.4 Å². The summed E-state index contributed by atoms with van der Waals surface area (Å²) in [6.45, 7) is 5.36. The Morgan fingerprint density at radius 2 is 1.93 bits per heavy atom. The maximum Gasteiger partial charge on any atom is 0.236 e. The van der Waals surface area contributed by atoms with Gasteiger partial charge in [0.25, 0.3) is 0 Å². The van der Waals surface area contributed by atoms with Crippen molar-refractivity contribution < 1.29 is 9.18 Å². The van der Waals surface area contributed by atoms with Gasteiger partial charge >= 0.3 is 0 Å². The van der Waals surface area contributed by atoms with Crippen LogP contribution in [0, 0.1) is 19.7 Å². The van der Waals surface area contributed by atoms with Crippen LogP contribution in [0.5, 0.6) is 0 Å². The number of hydrogen-bond acceptors (Lipinski definition) is 4. The second-order valence-corrected chi connectivity index (χ2v) is 7.35. The SMILES string of the molecule is Cc1ccc(Nc2c(-c3ccc(F)c(C)c3)nc3n2CCN(C(=O)CN)C3)cc1. The molecule has 0 fully saturated rings. The molecule has 2 heterocycles. The van der Waals surface area contributed by atoms with Gasteiger partial charge in [-0.15, -0.1) is 0 Å². The number of nitrogens with one attached hydrogen (secondary N) is 1. The maximum absolute atomic E-state index is 13.8. The number of benzene rings is 2. The predicted octanol–water partition coefficient (Wildman–Crippen LogP) is 3.35. The topological polar surface area (TPSA) is 76.2 Å². The second kappa shape index (κ2) is 7.67. The predicted molar refractivity (Wildman–Crippen MR) is 111 cm³/mol. The minimum atomic E-state index is -0.245. The van der Waals surface area contributed by atoms with Crippen LogP contribution in [0.25, 0.3) is 11.3 Å². The van der Waals surface area contributed by atoms with Gasteiger partial charge in [0.1, 0.15) is 23.2 Å². The minimum Gasteiger partial charge on any atom is -0.340 e. The zero-order valence-electron chi connectivity index (χ0n) is 16.6. The summed E-state index contributed by atoms with van der Waals surface area (Å²) in [5.41, 5.74) is 9.78. The lowest BCUT2D eigenvalue weighted by molar-refractivity contribution is -0.131. The van der Waals surface area contributed by atoms with Crippen molar-refractivity contribution >= 4 is 17.4 Å². The maximum atomic E-state index is 13.8. The molecular formula is C22H24FN5O. The first-order valence-electron chi connectivity index (χ1n) is 9.63. The fraction of sp³-hybridized carbons (Fsp3) is 0.273. The van der Waals surface area contributed by atoms with Crippen LogP contribution < -0.4 is 11.1 Å². The summed E-state index contributed by atoms with van der Waals surface area (Å²) < 4.78 is 15.9. The number of halogens is 1. The zero-order valence-corrected chi connectivity index (χ0v) is 16.6. The van der Waals surface area contributed by atoms with E-state index in [2.05, 4.69) is 9.88 Å². The Kier molecular flexibility index (Phi) is 5.07. The van der Waals surface area contributed by atoms with Crippen molar-refractivity contribution in [3.8, 4) is 11.3 Å². The Morgan fingerprint density at radius 3 is 2.62 bits per heavy atom. The monoisotopic (exact) mass is 393 g/mol. The van der Waals surface area contributed by atoms with Gasteiger partial charge in [0, 0.05) is 24.3 Å².